The van der Waals surface area contributed by atoms with Gasteiger partial charge in [0.05, 0.1) is 11.7 Å². The van der Waals surface area contributed by atoms with Crippen molar-refractivity contribution in [2.45, 2.75) is 39.7 Å². The van der Waals surface area contributed by atoms with Crippen molar-refractivity contribution in [1.29, 1.82) is 0 Å². The third kappa shape index (κ3) is 4.62. The molecule has 1 aliphatic heterocycles. The first kappa shape index (κ1) is 20.6. The molecule has 1 unspecified atom stereocenters. The average molecular weight is 385 g/mol. The summed E-state index contributed by atoms with van der Waals surface area (Å²) in [7, 11) is 0. The molecule has 1 aromatic carbocycles. The monoisotopic (exact) mass is 384 g/mol. The fourth-order valence-corrected chi connectivity index (χ4v) is 3.86. The fraction of sp³-hybridized carbons (Fsp3) is 0.545. The molecule has 0 aliphatic carbocycles. The lowest BCUT2D eigenvalue weighted by Crippen LogP contribution is -2.49. The van der Waals surface area contributed by atoms with E-state index in [-0.39, 0.29) is 17.9 Å². The predicted molar refractivity (Wildman–Crippen MR) is 111 cm³/mol. The average Bonchev–Trinajstić information content (AvgIpc) is 3.11. The number of amides is 1. The predicted octanol–water partition coefficient (Wildman–Crippen LogP) is 3.22. The van der Waals surface area contributed by atoms with Crippen molar-refractivity contribution in [3.63, 3.8) is 0 Å². The highest BCUT2D eigenvalue weighted by atomic mass is 16.5. The molecule has 0 bridgehead atoms. The molecule has 3 rings (SSSR count). The van der Waals surface area contributed by atoms with Gasteiger partial charge in [0.25, 0.3) is 5.91 Å². The van der Waals surface area contributed by atoms with E-state index in [2.05, 4.69) is 51.5 Å². The van der Waals surface area contributed by atoms with Crippen LogP contribution in [0.5, 0.6) is 0 Å². The minimum atomic E-state index is -0.101. The Morgan fingerprint density at radius 2 is 1.86 bits per heavy atom. The third-order valence-corrected chi connectivity index (χ3v) is 5.58. The number of nitrogens with zero attached hydrogens (tertiary/aromatic N) is 3. The maximum absolute atomic E-state index is 12.9. The number of rotatable bonds is 7. The molecule has 1 aromatic heterocycles. The summed E-state index contributed by atoms with van der Waals surface area (Å²) in [6.45, 7) is 13.8. The zero-order chi connectivity index (χ0) is 20.1. The lowest BCUT2D eigenvalue weighted by molar-refractivity contribution is 0.0853. The summed E-state index contributed by atoms with van der Waals surface area (Å²) in [5.74, 6) is 0.674. The Balaban J connectivity index is 1.74. The molecule has 2 aromatic rings. The summed E-state index contributed by atoms with van der Waals surface area (Å²) in [5, 5.41) is 7.15. The van der Waals surface area contributed by atoms with Gasteiger partial charge in [-0.2, -0.15) is 0 Å². The van der Waals surface area contributed by atoms with Crippen LogP contribution in [-0.2, 0) is 0 Å². The zero-order valence-corrected chi connectivity index (χ0v) is 17.4. The first-order valence-electron chi connectivity index (χ1n) is 10.3. The second kappa shape index (κ2) is 9.34. The van der Waals surface area contributed by atoms with Gasteiger partial charge >= 0.3 is 0 Å². The second-order valence-electron chi connectivity index (χ2n) is 7.77. The molecular formula is C22H32N4O2. The summed E-state index contributed by atoms with van der Waals surface area (Å²) in [6, 6.07) is 10.6. The van der Waals surface area contributed by atoms with Crippen molar-refractivity contribution in [2.75, 3.05) is 39.3 Å². The molecule has 1 atom stereocenters. The van der Waals surface area contributed by atoms with Crippen LogP contribution in [0.15, 0.2) is 34.9 Å². The quantitative estimate of drug-likeness (QED) is 0.794. The van der Waals surface area contributed by atoms with Crippen LogP contribution >= 0.6 is 0 Å². The fourth-order valence-electron chi connectivity index (χ4n) is 3.86. The number of likely N-dealkylation sites (N-methyl/N-ethyl adjacent to an activating group) is 1. The van der Waals surface area contributed by atoms with Gasteiger partial charge in [-0.05, 0) is 19.0 Å². The first-order chi connectivity index (χ1) is 13.5. The molecule has 6 heteroatoms. The van der Waals surface area contributed by atoms with Gasteiger partial charge in [-0.25, -0.2) is 0 Å². The molecule has 28 heavy (non-hydrogen) atoms. The molecule has 1 fully saturated rings. The van der Waals surface area contributed by atoms with E-state index in [0.29, 0.717) is 23.6 Å². The number of aryl methyl sites for hydroxylation is 1. The molecule has 0 saturated carbocycles. The van der Waals surface area contributed by atoms with E-state index in [1.165, 1.54) is 5.56 Å². The van der Waals surface area contributed by atoms with Crippen molar-refractivity contribution in [2.24, 2.45) is 0 Å². The van der Waals surface area contributed by atoms with Crippen LogP contribution in [0.25, 0.3) is 0 Å². The maximum atomic E-state index is 12.9. The van der Waals surface area contributed by atoms with Gasteiger partial charge in [0, 0.05) is 38.6 Å². The van der Waals surface area contributed by atoms with Crippen molar-refractivity contribution >= 4 is 5.91 Å². The molecule has 1 saturated heterocycles. The van der Waals surface area contributed by atoms with Crippen molar-refractivity contribution < 1.29 is 9.32 Å². The lowest BCUT2D eigenvalue weighted by atomic mass is 10.0. The van der Waals surface area contributed by atoms with Crippen LogP contribution in [-0.4, -0.2) is 60.1 Å². The van der Waals surface area contributed by atoms with Crippen molar-refractivity contribution in [3.05, 3.63) is 52.9 Å². The number of benzene rings is 1. The number of hydrogen-bond acceptors (Lipinski definition) is 5. The van der Waals surface area contributed by atoms with Gasteiger partial charge < -0.3 is 14.7 Å². The summed E-state index contributed by atoms with van der Waals surface area (Å²) >= 11 is 0. The van der Waals surface area contributed by atoms with E-state index in [1.807, 2.05) is 26.8 Å². The Morgan fingerprint density at radius 1 is 1.18 bits per heavy atom. The Bertz CT molecular complexity index is 764. The Labute approximate surface area is 167 Å². The van der Waals surface area contributed by atoms with Crippen LogP contribution in [0.2, 0.25) is 0 Å². The van der Waals surface area contributed by atoms with Gasteiger partial charge in [-0.15, -0.1) is 0 Å². The van der Waals surface area contributed by atoms with Crippen LogP contribution in [0.3, 0.4) is 0 Å². The van der Waals surface area contributed by atoms with Crippen LogP contribution < -0.4 is 5.32 Å². The van der Waals surface area contributed by atoms with E-state index < -0.39 is 0 Å². The lowest BCUT2D eigenvalue weighted by Gasteiger charge is -2.39. The number of carbonyl (C=O) groups excluding carboxylic acids is 1. The van der Waals surface area contributed by atoms with Crippen molar-refractivity contribution in [3.8, 4) is 0 Å². The highest BCUT2D eigenvalue weighted by Gasteiger charge is 2.27. The Kier molecular flexibility index (Phi) is 6.86. The van der Waals surface area contributed by atoms with E-state index >= 15 is 0 Å². The minimum Gasteiger partial charge on any atom is -0.360 e. The van der Waals surface area contributed by atoms with Crippen LogP contribution in [0.4, 0.5) is 0 Å². The van der Waals surface area contributed by atoms with Gasteiger partial charge in [-0.3, -0.25) is 9.69 Å². The summed E-state index contributed by atoms with van der Waals surface area (Å²) in [6.07, 6.45) is 0. The smallest absolute Gasteiger partial charge is 0.256 e. The van der Waals surface area contributed by atoms with Crippen LogP contribution in [0, 0.1) is 6.92 Å². The zero-order valence-electron chi connectivity index (χ0n) is 17.4. The molecule has 1 N–H and O–H groups in total. The third-order valence-electron chi connectivity index (χ3n) is 5.58. The second-order valence-corrected chi connectivity index (χ2v) is 7.77. The SMILES string of the molecule is CCN1CCN(C(CNC(=O)c2c(C)noc2C(C)C)c2ccccc2)CC1. The van der Waals surface area contributed by atoms with Gasteiger partial charge in [0.2, 0.25) is 0 Å². The number of aromatic nitrogens is 1. The standard InChI is InChI=1S/C22H32N4O2/c1-5-25-11-13-26(14-12-25)19(18-9-7-6-8-10-18)15-23-22(27)20-17(4)24-28-21(20)16(2)3/h6-10,16,19H,5,11-15H2,1-4H3,(H,23,27). The summed E-state index contributed by atoms with van der Waals surface area (Å²) in [4.78, 5) is 17.9. The minimum absolute atomic E-state index is 0.101. The van der Waals surface area contributed by atoms with E-state index in [9.17, 15) is 4.79 Å². The summed E-state index contributed by atoms with van der Waals surface area (Å²) in [5.41, 5.74) is 2.46. The van der Waals surface area contributed by atoms with Crippen molar-refractivity contribution in [1.82, 2.24) is 20.3 Å². The number of carbonyl (C=O) groups is 1. The highest BCUT2D eigenvalue weighted by Crippen LogP contribution is 2.24. The van der Waals surface area contributed by atoms with E-state index in [0.717, 1.165) is 32.7 Å². The number of nitrogens with one attached hydrogen (secondary N) is 1. The van der Waals surface area contributed by atoms with E-state index in [4.69, 9.17) is 4.52 Å². The largest absolute Gasteiger partial charge is 0.360 e. The molecular weight excluding hydrogens is 352 g/mol. The molecule has 2 heterocycles. The summed E-state index contributed by atoms with van der Waals surface area (Å²) < 4.78 is 5.38. The molecule has 152 valence electrons. The Hall–Kier alpha value is -2.18. The molecule has 6 nitrogen and oxygen atoms in total. The Morgan fingerprint density at radius 3 is 2.46 bits per heavy atom. The van der Waals surface area contributed by atoms with E-state index in [1.54, 1.807) is 0 Å². The first-order valence-corrected chi connectivity index (χ1v) is 10.3. The number of piperazine rings is 1. The van der Waals surface area contributed by atoms with Gasteiger partial charge in [0.1, 0.15) is 5.56 Å². The van der Waals surface area contributed by atoms with Gasteiger partial charge in [0.15, 0.2) is 5.76 Å². The van der Waals surface area contributed by atoms with Crippen LogP contribution in [0.1, 0.15) is 60.1 Å². The molecule has 0 spiro atoms. The highest BCUT2D eigenvalue weighted by molar-refractivity contribution is 5.96. The molecule has 0 radical (unpaired) electrons. The molecule has 1 aliphatic rings. The topological polar surface area (TPSA) is 61.6 Å². The maximum Gasteiger partial charge on any atom is 0.256 e. The molecule has 1 amide bonds. The normalized spacial score (nSPS) is 17.0. The number of hydrogen-bond donors (Lipinski definition) is 1. The van der Waals surface area contributed by atoms with Gasteiger partial charge in [-0.1, -0.05) is 56.3 Å².